The first-order valence-corrected chi connectivity index (χ1v) is 10.1. The molecule has 0 unspecified atom stereocenters. The maximum atomic E-state index is 12.5. The molecule has 0 aliphatic carbocycles. The number of anilines is 1. The lowest BCUT2D eigenvalue weighted by Crippen LogP contribution is -2.53. The van der Waals surface area contributed by atoms with E-state index in [1.165, 1.54) is 0 Å². The van der Waals surface area contributed by atoms with Gasteiger partial charge in [0.25, 0.3) is 0 Å². The molecule has 2 aromatic heterocycles. The number of aryl methyl sites for hydroxylation is 3. The Morgan fingerprint density at radius 2 is 2.17 bits per heavy atom. The Kier molecular flexibility index (Phi) is 5.77. The molecule has 0 radical (unpaired) electrons. The van der Waals surface area contributed by atoms with E-state index in [9.17, 15) is 4.79 Å². The summed E-state index contributed by atoms with van der Waals surface area (Å²) in [5.74, 6) is 0.647. The van der Waals surface area contributed by atoms with Crippen molar-refractivity contribution in [3.63, 3.8) is 0 Å². The van der Waals surface area contributed by atoms with Gasteiger partial charge in [-0.05, 0) is 26.3 Å². The number of carbonyl (C=O) groups is 1. The van der Waals surface area contributed by atoms with Crippen LogP contribution in [0.25, 0.3) is 0 Å². The molecule has 2 aromatic rings. The van der Waals surface area contributed by atoms with Gasteiger partial charge in [0.2, 0.25) is 11.9 Å². The maximum absolute atomic E-state index is 12.5. The van der Waals surface area contributed by atoms with Crippen LogP contribution >= 0.6 is 0 Å². The largest absolute Gasteiger partial charge is 0.369 e. The number of nitrogens with zero attached hydrogens (tertiary/aromatic N) is 5. The van der Waals surface area contributed by atoms with Crippen molar-refractivity contribution in [2.75, 3.05) is 37.7 Å². The Labute approximate surface area is 170 Å². The molecule has 0 bridgehead atoms. The molecule has 9 heteroatoms. The van der Waals surface area contributed by atoms with Crippen molar-refractivity contribution in [2.24, 2.45) is 0 Å². The van der Waals surface area contributed by atoms with Crippen LogP contribution in [0.15, 0.2) is 24.8 Å². The minimum atomic E-state index is -0.488. The number of carbonyl (C=O) groups excluding carboxylic acids is 1. The summed E-state index contributed by atoms with van der Waals surface area (Å²) in [7, 11) is 0. The molecule has 9 nitrogen and oxygen atoms in total. The van der Waals surface area contributed by atoms with Crippen molar-refractivity contribution in [1.29, 1.82) is 0 Å². The van der Waals surface area contributed by atoms with E-state index in [0.717, 1.165) is 36.8 Å². The molecule has 1 N–H and O–H groups in total. The topological polar surface area (TPSA) is 94.4 Å². The first-order chi connectivity index (χ1) is 14.0. The summed E-state index contributed by atoms with van der Waals surface area (Å²) >= 11 is 0. The van der Waals surface area contributed by atoms with Crippen molar-refractivity contribution >= 4 is 11.9 Å². The molecule has 4 heterocycles. The first kappa shape index (κ1) is 19.8. The summed E-state index contributed by atoms with van der Waals surface area (Å²) in [6.07, 6.45) is 6.34. The summed E-state index contributed by atoms with van der Waals surface area (Å²) in [5, 5.41) is 2.98. The number of hydrogen-bond donors (Lipinski definition) is 1. The van der Waals surface area contributed by atoms with E-state index in [0.29, 0.717) is 32.7 Å². The molecule has 2 saturated heterocycles. The number of hydrogen-bond acceptors (Lipinski definition) is 7. The molecular weight excluding hydrogens is 372 g/mol. The van der Waals surface area contributed by atoms with Crippen molar-refractivity contribution in [3.05, 3.63) is 36.2 Å². The average Bonchev–Trinajstić information content (AvgIpc) is 3.35. The van der Waals surface area contributed by atoms with Crippen LogP contribution in [0.3, 0.4) is 0 Å². The summed E-state index contributed by atoms with van der Waals surface area (Å²) in [6.45, 7) is 7.70. The Morgan fingerprint density at radius 1 is 1.34 bits per heavy atom. The van der Waals surface area contributed by atoms with Crippen molar-refractivity contribution in [3.8, 4) is 0 Å². The van der Waals surface area contributed by atoms with Crippen LogP contribution in [-0.4, -0.2) is 70.0 Å². The smallest absolute Gasteiger partial charge is 0.249 e. The van der Waals surface area contributed by atoms with E-state index < -0.39 is 11.7 Å². The van der Waals surface area contributed by atoms with Crippen LogP contribution in [0, 0.1) is 13.8 Å². The monoisotopic (exact) mass is 400 g/mol. The van der Waals surface area contributed by atoms with Gasteiger partial charge >= 0.3 is 0 Å². The number of morpholine rings is 1. The van der Waals surface area contributed by atoms with Crippen LogP contribution in [0.1, 0.15) is 24.2 Å². The van der Waals surface area contributed by atoms with E-state index in [2.05, 4.69) is 25.2 Å². The van der Waals surface area contributed by atoms with Crippen molar-refractivity contribution in [2.45, 2.75) is 44.9 Å². The third-order valence-electron chi connectivity index (χ3n) is 5.35. The third kappa shape index (κ3) is 4.73. The Bertz CT molecular complexity index is 822. The van der Waals surface area contributed by atoms with Crippen LogP contribution in [-0.2, 0) is 20.8 Å². The van der Waals surface area contributed by atoms with E-state index in [4.69, 9.17) is 9.47 Å². The Balaban J connectivity index is 1.30. The SMILES string of the molecule is Cc1cc(C)nc(N2CCO[C@@]3(CO[C@H](C(=O)NCCCn4ccnc4)C3)C2)n1. The standard InChI is InChI=1S/C20H28N6O3/c1-15-10-16(2)24-19(23-15)26-8-9-29-20(12-26)11-17(28-13-20)18(27)22-4-3-6-25-7-5-21-14-25/h5,7,10,14,17H,3-4,6,8-9,11-13H2,1-2H3,(H,22,27)/t17-,20+/m0/s1. The van der Waals surface area contributed by atoms with E-state index in [1.54, 1.807) is 12.5 Å². The lowest BCUT2D eigenvalue weighted by Gasteiger charge is -2.39. The fourth-order valence-corrected chi connectivity index (χ4v) is 3.96. The third-order valence-corrected chi connectivity index (χ3v) is 5.35. The summed E-state index contributed by atoms with van der Waals surface area (Å²) in [6, 6.07) is 1.96. The van der Waals surface area contributed by atoms with Crippen molar-refractivity contribution < 1.29 is 14.3 Å². The van der Waals surface area contributed by atoms with Gasteiger partial charge in [0.05, 0.1) is 26.1 Å². The van der Waals surface area contributed by atoms with Crippen LogP contribution in [0.2, 0.25) is 0 Å². The Morgan fingerprint density at radius 3 is 2.93 bits per heavy atom. The quantitative estimate of drug-likeness (QED) is 0.719. The predicted octanol–water partition coefficient (Wildman–Crippen LogP) is 0.861. The van der Waals surface area contributed by atoms with Gasteiger partial charge in [-0.15, -0.1) is 0 Å². The molecule has 0 aromatic carbocycles. The second kappa shape index (κ2) is 8.46. The average molecular weight is 400 g/mol. The number of rotatable bonds is 6. The lowest BCUT2D eigenvalue weighted by atomic mass is 9.97. The van der Waals surface area contributed by atoms with Gasteiger partial charge in [-0.25, -0.2) is 15.0 Å². The zero-order valence-corrected chi connectivity index (χ0v) is 17.0. The van der Waals surface area contributed by atoms with E-state index in [1.807, 2.05) is 30.7 Å². The number of imidazole rings is 1. The first-order valence-electron chi connectivity index (χ1n) is 10.1. The second-order valence-electron chi connectivity index (χ2n) is 7.85. The van der Waals surface area contributed by atoms with Gasteiger partial charge in [0, 0.05) is 49.8 Å². The van der Waals surface area contributed by atoms with Gasteiger partial charge in [0.1, 0.15) is 11.7 Å². The molecule has 2 atom stereocenters. The number of nitrogens with one attached hydrogen (secondary N) is 1. The van der Waals surface area contributed by atoms with Gasteiger partial charge in [-0.1, -0.05) is 0 Å². The summed E-state index contributed by atoms with van der Waals surface area (Å²) < 4.78 is 13.9. The molecule has 29 heavy (non-hydrogen) atoms. The molecular formula is C20H28N6O3. The lowest BCUT2D eigenvalue weighted by molar-refractivity contribution is -0.130. The number of amides is 1. The van der Waals surface area contributed by atoms with E-state index >= 15 is 0 Å². The molecule has 2 aliphatic heterocycles. The molecule has 1 spiro atoms. The highest BCUT2D eigenvalue weighted by Crippen LogP contribution is 2.32. The van der Waals surface area contributed by atoms with Gasteiger partial charge < -0.3 is 24.3 Å². The van der Waals surface area contributed by atoms with Crippen LogP contribution < -0.4 is 10.2 Å². The zero-order chi connectivity index (χ0) is 20.3. The highest BCUT2D eigenvalue weighted by Gasteiger charge is 2.47. The highest BCUT2D eigenvalue weighted by molar-refractivity contribution is 5.81. The number of aromatic nitrogens is 4. The number of ether oxygens (including phenoxy) is 2. The summed E-state index contributed by atoms with van der Waals surface area (Å²) in [5.41, 5.74) is 1.41. The summed E-state index contributed by atoms with van der Waals surface area (Å²) in [4.78, 5) is 27.8. The Hall–Kier alpha value is -2.52. The minimum absolute atomic E-state index is 0.0733. The second-order valence-corrected chi connectivity index (χ2v) is 7.85. The fraction of sp³-hybridized carbons (Fsp3) is 0.600. The molecule has 1 amide bonds. The fourth-order valence-electron chi connectivity index (χ4n) is 3.96. The molecule has 4 rings (SSSR count). The zero-order valence-electron chi connectivity index (χ0n) is 17.0. The van der Waals surface area contributed by atoms with Crippen molar-refractivity contribution in [1.82, 2.24) is 24.8 Å². The van der Waals surface area contributed by atoms with Gasteiger partial charge in [-0.2, -0.15) is 0 Å². The van der Waals surface area contributed by atoms with Gasteiger partial charge in [0.15, 0.2) is 0 Å². The van der Waals surface area contributed by atoms with Crippen LogP contribution in [0.5, 0.6) is 0 Å². The normalized spacial score (nSPS) is 24.2. The highest BCUT2D eigenvalue weighted by atomic mass is 16.6. The minimum Gasteiger partial charge on any atom is -0.369 e. The molecule has 0 saturated carbocycles. The van der Waals surface area contributed by atoms with Crippen LogP contribution in [0.4, 0.5) is 5.95 Å². The molecule has 156 valence electrons. The van der Waals surface area contributed by atoms with Gasteiger partial charge in [-0.3, -0.25) is 4.79 Å². The molecule has 2 fully saturated rings. The predicted molar refractivity (Wildman–Crippen MR) is 107 cm³/mol. The molecule has 2 aliphatic rings. The maximum Gasteiger partial charge on any atom is 0.249 e. The van der Waals surface area contributed by atoms with E-state index in [-0.39, 0.29) is 5.91 Å².